The Hall–Kier alpha value is -1.94. The van der Waals surface area contributed by atoms with Crippen LogP contribution < -0.4 is 10.5 Å². The molecular formula is C16H15F2NO. The molecule has 3 rings (SSSR count). The smallest absolute Gasteiger partial charge is 0.131 e. The minimum absolute atomic E-state index is 0.115. The van der Waals surface area contributed by atoms with Crippen LogP contribution in [-0.4, -0.2) is 6.10 Å². The zero-order chi connectivity index (χ0) is 14.1. The lowest BCUT2D eigenvalue weighted by atomic mass is 9.98. The third kappa shape index (κ3) is 2.65. The molecule has 0 spiro atoms. The largest absolute Gasteiger partial charge is 0.490 e. The summed E-state index contributed by atoms with van der Waals surface area (Å²) in [7, 11) is 0. The van der Waals surface area contributed by atoms with Gasteiger partial charge in [0.25, 0.3) is 0 Å². The standard InChI is InChI=1S/C16H15F2NO/c17-13-5-2-6-14(18)15(13)16(19)10-3-1-4-12(9-10)20-11-7-8-11/h1-6,9,11,16H,7-8,19H2. The van der Waals surface area contributed by atoms with E-state index < -0.39 is 17.7 Å². The fourth-order valence-corrected chi connectivity index (χ4v) is 2.13. The normalized spacial score (nSPS) is 15.9. The Bertz CT molecular complexity index is 605. The summed E-state index contributed by atoms with van der Waals surface area (Å²) in [6.45, 7) is 0. The predicted octanol–water partition coefficient (Wildman–Crippen LogP) is 3.55. The van der Waals surface area contributed by atoms with E-state index in [4.69, 9.17) is 10.5 Å². The quantitative estimate of drug-likeness (QED) is 0.926. The van der Waals surface area contributed by atoms with Crippen LogP contribution in [0.4, 0.5) is 8.78 Å². The molecule has 0 radical (unpaired) electrons. The third-order valence-corrected chi connectivity index (χ3v) is 3.36. The van der Waals surface area contributed by atoms with E-state index in [-0.39, 0.29) is 11.7 Å². The molecule has 1 fully saturated rings. The first-order valence-corrected chi connectivity index (χ1v) is 6.61. The maximum atomic E-state index is 13.8. The van der Waals surface area contributed by atoms with E-state index in [0.29, 0.717) is 11.3 Å². The molecule has 2 nitrogen and oxygen atoms in total. The summed E-state index contributed by atoms with van der Waals surface area (Å²) in [5.74, 6) is -0.575. The number of ether oxygens (including phenoxy) is 1. The van der Waals surface area contributed by atoms with Gasteiger partial charge in [0.05, 0.1) is 12.1 Å². The monoisotopic (exact) mass is 275 g/mol. The lowest BCUT2D eigenvalue weighted by Crippen LogP contribution is -2.15. The molecule has 2 aromatic rings. The number of nitrogens with two attached hydrogens (primary N) is 1. The molecular weight excluding hydrogens is 260 g/mol. The van der Waals surface area contributed by atoms with Crippen molar-refractivity contribution in [3.05, 3.63) is 65.2 Å². The molecule has 0 aromatic heterocycles. The molecule has 1 aliphatic rings. The summed E-state index contributed by atoms with van der Waals surface area (Å²) in [5, 5.41) is 0. The van der Waals surface area contributed by atoms with Crippen LogP contribution in [0, 0.1) is 11.6 Å². The van der Waals surface area contributed by atoms with Crippen LogP contribution in [0.2, 0.25) is 0 Å². The topological polar surface area (TPSA) is 35.2 Å². The van der Waals surface area contributed by atoms with E-state index in [0.717, 1.165) is 12.8 Å². The van der Waals surface area contributed by atoms with Gasteiger partial charge in [-0.25, -0.2) is 8.78 Å². The molecule has 0 heterocycles. The van der Waals surface area contributed by atoms with Gasteiger partial charge in [-0.1, -0.05) is 18.2 Å². The van der Waals surface area contributed by atoms with Crippen LogP contribution in [-0.2, 0) is 0 Å². The fraction of sp³-hybridized carbons (Fsp3) is 0.250. The van der Waals surface area contributed by atoms with Gasteiger partial charge in [0, 0.05) is 5.56 Å². The Morgan fingerprint density at radius 3 is 2.35 bits per heavy atom. The Morgan fingerprint density at radius 2 is 1.70 bits per heavy atom. The van der Waals surface area contributed by atoms with Gasteiger partial charge in [0.2, 0.25) is 0 Å². The van der Waals surface area contributed by atoms with Gasteiger partial charge in [-0.2, -0.15) is 0 Å². The Kier molecular flexibility index (Phi) is 3.40. The van der Waals surface area contributed by atoms with Crippen molar-refractivity contribution < 1.29 is 13.5 Å². The van der Waals surface area contributed by atoms with Crippen LogP contribution in [0.15, 0.2) is 42.5 Å². The van der Waals surface area contributed by atoms with Crippen molar-refractivity contribution in [3.8, 4) is 5.75 Å². The Morgan fingerprint density at radius 1 is 1.05 bits per heavy atom. The van der Waals surface area contributed by atoms with E-state index >= 15 is 0 Å². The van der Waals surface area contributed by atoms with E-state index in [1.54, 1.807) is 18.2 Å². The zero-order valence-corrected chi connectivity index (χ0v) is 10.9. The Balaban J connectivity index is 1.91. The van der Waals surface area contributed by atoms with Crippen LogP contribution in [0.25, 0.3) is 0 Å². The lowest BCUT2D eigenvalue weighted by Gasteiger charge is -2.15. The van der Waals surface area contributed by atoms with E-state index in [1.165, 1.54) is 18.2 Å². The maximum Gasteiger partial charge on any atom is 0.131 e. The molecule has 2 aromatic carbocycles. The van der Waals surface area contributed by atoms with Crippen molar-refractivity contribution in [2.75, 3.05) is 0 Å². The highest BCUT2D eigenvalue weighted by Crippen LogP contribution is 2.30. The molecule has 104 valence electrons. The molecule has 1 saturated carbocycles. The SMILES string of the molecule is NC(c1cccc(OC2CC2)c1)c1c(F)cccc1F. The number of benzene rings is 2. The molecule has 0 bridgehead atoms. The Labute approximate surface area is 116 Å². The van der Waals surface area contributed by atoms with Crippen molar-refractivity contribution in [2.45, 2.75) is 25.0 Å². The van der Waals surface area contributed by atoms with Crippen molar-refractivity contribution >= 4 is 0 Å². The molecule has 20 heavy (non-hydrogen) atoms. The number of rotatable bonds is 4. The summed E-state index contributed by atoms with van der Waals surface area (Å²) in [4.78, 5) is 0. The fourth-order valence-electron chi connectivity index (χ4n) is 2.13. The van der Waals surface area contributed by atoms with Gasteiger partial charge < -0.3 is 10.5 Å². The number of halogens is 2. The summed E-state index contributed by atoms with van der Waals surface area (Å²) in [5.41, 5.74) is 6.51. The summed E-state index contributed by atoms with van der Waals surface area (Å²) in [6, 6.07) is 10.0. The first-order valence-electron chi connectivity index (χ1n) is 6.61. The highest BCUT2D eigenvalue weighted by Gasteiger charge is 2.24. The van der Waals surface area contributed by atoms with Crippen molar-refractivity contribution in [1.82, 2.24) is 0 Å². The second-order valence-corrected chi connectivity index (χ2v) is 5.00. The number of hydrogen-bond acceptors (Lipinski definition) is 2. The maximum absolute atomic E-state index is 13.8. The molecule has 0 saturated heterocycles. The second-order valence-electron chi connectivity index (χ2n) is 5.00. The summed E-state index contributed by atoms with van der Waals surface area (Å²) in [6.07, 6.45) is 2.38. The minimum Gasteiger partial charge on any atom is -0.490 e. The second kappa shape index (κ2) is 5.21. The molecule has 1 aliphatic carbocycles. The van der Waals surface area contributed by atoms with Gasteiger partial charge in [0.1, 0.15) is 17.4 Å². The van der Waals surface area contributed by atoms with Crippen LogP contribution in [0.3, 0.4) is 0 Å². The van der Waals surface area contributed by atoms with Crippen molar-refractivity contribution in [3.63, 3.8) is 0 Å². The van der Waals surface area contributed by atoms with Crippen molar-refractivity contribution in [2.24, 2.45) is 5.73 Å². The van der Waals surface area contributed by atoms with Gasteiger partial charge in [0.15, 0.2) is 0 Å². The minimum atomic E-state index is -0.848. The average molecular weight is 275 g/mol. The number of hydrogen-bond donors (Lipinski definition) is 1. The third-order valence-electron chi connectivity index (χ3n) is 3.36. The van der Waals surface area contributed by atoms with Crippen LogP contribution >= 0.6 is 0 Å². The van der Waals surface area contributed by atoms with Gasteiger partial charge in [-0.15, -0.1) is 0 Å². The molecule has 1 unspecified atom stereocenters. The highest BCUT2D eigenvalue weighted by molar-refractivity contribution is 5.37. The molecule has 4 heteroatoms. The molecule has 1 atom stereocenters. The summed E-state index contributed by atoms with van der Waals surface area (Å²) >= 11 is 0. The van der Waals surface area contributed by atoms with E-state index in [1.807, 2.05) is 6.07 Å². The van der Waals surface area contributed by atoms with Crippen molar-refractivity contribution in [1.29, 1.82) is 0 Å². The van der Waals surface area contributed by atoms with Crippen LogP contribution in [0.1, 0.15) is 30.0 Å². The van der Waals surface area contributed by atoms with Gasteiger partial charge >= 0.3 is 0 Å². The highest BCUT2D eigenvalue weighted by atomic mass is 19.1. The first-order chi connectivity index (χ1) is 9.65. The van der Waals surface area contributed by atoms with Gasteiger partial charge in [-0.05, 0) is 42.7 Å². The molecule has 0 amide bonds. The summed E-state index contributed by atoms with van der Waals surface area (Å²) < 4.78 is 33.2. The average Bonchev–Trinajstić information content (AvgIpc) is 3.22. The predicted molar refractivity (Wildman–Crippen MR) is 72.5 cm³/mol. The van der Waals surface area contributed by atoms with Crippen LogP contribution in [0.5, 0.6) is 5.75 Å². The van der Waals surface area contributed by atoms with E-state index in [9.17, 15) is 8.78 Å². The lowest BCUT2D eigenvalue weighted by molar-refractivity contribution is 0.303. The van der Waals surface area contributed by atoms with Gasteiger partial charge in [-0.3, -0.25) is 0 Å². The van der Waals surface area contributed by atoms with E-state index in [2.05, 4.69) is 0 Å². The first kappa shape index (κ1) is 13.1. The molecule has 2 N–H and O–H groups in total. The molecule has 0 aliphatic heterocycles. The zero-order valence-electron chi connectivity index (χ0n) is 10.9.